The molecule has 1 N–H and O–H groups in total. The fourth-order valence-electron chi connectivity index (χ4n) is 0.834. The van der Waals surface area contributed by atoms with Crippen molar-refractivity contribution >= 4 is 39.1 Å². The summed E-state index contributed by atoms with van der Waals surface area (Å²) in [7, 11) is 0. The highest BCUT2D eigenvalue weighted by atomic mass is 79.9. The van der Waals surface area contributed by atoms with Crippen molar-refractivity contribution in [3.05, 3.63) is 28.2 Å². The fourth-order valence-corrected chi connectivity index (χ4v) is 1.30. The Balaban J connectivity index is 3.02. The van der Waals surface area contributed by atoms with Crippen molar-refractivity contribution in [3.63, 3.8) is 0 Å². The molecule has 0 spiro atoms. The van der Waals surface area contributed by atoms with Gasteiger partial charge in [0.25, 0.3) is 0 Å². The Hall–Kier alpha value is -0.680. The molecule has 0 bridgehead atoms. The number of alkyl halides is 1. The monoisotopic (exact) mass is 283 g/mol. The third-order valence-corrected chi connectivity index (χ3v) is 2.09. The Morgan fingerprint density at radius 3 is 2.36 bits per heavy atom. The summed E-state index contributed by atoms with van der Waals surface area (Å²) in [6.45, 7) is 0. The van der Waals surface area contributed by atoms with Gasteiger partial charge in [-0.1, -0.05) is 15.9 Å². The molecule has 1 amide bonds. The van der Waals surface area contributed by atoms with Crippen molar-refractivity contribution in [1.82, 2.24) is 0 Å². The van der Waals surface area contributed by atoms with Gasteiger partial charge in [-0.3, -0.25) is 4.79 Å². The van der Waals surface area contributed by atoms with E-state index in [1.807, 2.05) is 5.32 Å². The zero-order valence-electron chi connectivity index (χ0n) is 6.78. The van der Waals surface area contributed by atoms with E-state index in [9.17, 15) is 13.6 Å². The molecule has 1 aromatic rings. The fraction of sp³-hybridized carbons (Fsp3) is 0.125. The average molecular weight is 284 g/mol. The first-order valence-electron chi connectivity index (χ1n) is 3.55. The topological polar surface area (TPSA) is 29.1 Å². The van der Waals surface area contributed by atoms with Crippen LogP contribution in [0.25, 0.3) is 0 Å². The second-order valence-corrected chi connectivity index (χ2v) is 3.61. The molecule has 0 aromatic heterocycles. The van der Waals surface area contributed by atoms with Gasteiger partial charge >= 0.3 is 0 Å². The minimum absolute atomic E-state index is 0.261. The number of anilines is 1. The smallest absolute Gasteiger partial charge is 0.239 e. The third kappa shape index (κ3) is 2.65. The number of hydrogen-bond acceptors (Lipinski definition) is 1. The number of rotatable bonds is 2. The lowest BCUT2D eigenvalue weighted by molar-refractivity contribution is -0.114. The van der Waals surface area contributed by atoms with Crippen LogP contribution in [0.1, 0.15) is 0 Å². The number of nitrogens with one attached hydrogen (secondary N) is 1. The highest BCUT2D eigenvalue weighted by Crippen LogP contribution is 2.23. The zero-order chi connectivity index (χ0) is 10.7. The van der Waals surface area contributed by atoms with Gasteiger partial charge in [0, 0.05) is 4.47 Å². The summed E-state index contributed by atoms with van der Waals surface area (Å²) in [5, 5.41) is 2.01. The van der Waals surface area contributed by atoms with Gasteiger partial charge in [-0.2, -0.15) is 0 Å². The Bertz CT molecular complexity index is 349. The van der Waals surface area contributed by atoms with Gasteiger partial charge in [-0.15, -0.1) is 11.6 Å². The molecule has 76 valence electrons. The second kappa shape index (κ2) is 4.70. The van der Waals surface area contributed by atoms with E-state index in [1.54, 1.807) is 0 Å². The summed E-state index contributed by atoms with van der Waals surface area (Å²) in [6, 6.07) is 2.10. The Morgan fingerprint density at radius 2 is 1.93 bits per heavy atom. The zero-order valence-corrected chi connectivity index (χ0v) is 9.12. The molecular formula is C8H5BrClF2NO. The molecule has 0 atom stereocenters. The molecule has 0 aliphatic rings. The van der Waals surface area contributed by atoms with E-state index < -0.39 is 23.2 Å². The maximum Gasteiger partial charge on any atom is 0.239 e. The molecule has 0 saturated carbocycles. The predicted molar refractivity (Wildman–Crippen MR) is 53.4 cm³/mol. The Morgan fingerprint density at radius 1 is 1.43 bits per heavy atom. The molecule has 0 aliphatic carbocycles. The maximum absolute atomic E-state index is 13.1. The van der Waals surface area contributed by atoms with Crippen LogP contribution in [0.15, 0.2) is 16.6 Å². The standard InChI is InChI=1S/C8H5BrClF2NO/c9-4-1-5(11)8(6(12)2-4)13-7(14)3-10/h1-2H,3H2,(H,13,14). The van der Waals surface area contributed by atoms with Crippen LogP contribution in [0.2, 0.25) is 0 Å². The summed E-state index contributed by atoms with van der Waals surface area (Å²) in [4.78, 5) is 10.8. The minimum Gasteiger partial charge on any atom is -0.320 e. The van der Waals surface area contributed by atoms with Crippen molar-refractivity contribution in [2.75, 3.05) is 11.2 Å². The number of carbonyl (C=O) groups excluding carboxylic acids is 1. The van der Waals surface area contributed by atoms with Gasteiger partial charge in [0.2, 0.25) is 5.91 Å². The van der Waals surface area contributed by atoms with E-state index in [1.165, 1.54) is 0 Å². The van der Waals surface area contributed by atoms with Crippen molar-refractivity contribution in [2.45, 2.75) is 0 Å². The summed E-state index contributed by atoms with van der Waals surface area (Å²) < 4.78 is 26.4. The molecule has 14 heavy (non-hydrogen) atoms. The van der Waals surface area contributed by atoms with Gasteiger partial charge in [0.05, 0.1) is 0 Å². The van der Waals surface area contributed by atoms with Crippen LogP contribution in [0.5, 0.6) is 0 Å². The van der Waals surface area contributed by atoms with Crippen LogP contribution >= 0.6 is 27.5 Å². The SMILES string of the molecule is O=C(CCl)Nc1c(F)cc(Br)cc1F. The number of halogens is 4. The van der Waals surface area contributed by atoms with Crippen LogP contribution in [0.4, 0.5) is 14.5 Å². The lowest BCUT2D eigenvalue weighted by atomic mass is 10.3. The van der Waals surface area contributed by atoms with E-state index in [0.29, 0.717) is 0 Å². The van der Waals surface area contributed by atoms with Gasteiger partial charge in [0.15, 0.2) is 11.6 Å². The van der Waals surface area contributed by atoms with E-state index in [2.05, 4.69) is 15.9 Å². The predicted octanol–water partition coefficient (Wildman–Crippen LogP) is 2.90. The molecule has 6 heteroatoms. The van der Waals surface area contributed by atoms with Gasteiger partial charge in [-0.05, 0) is 12.1 Å². The van der Waals surface area contributed by atoms with Crippen LogP contribution in [-0.4, -0.2) is 11.8 Å². The first-order valence-corrected chi connectivity index (χ1v) is 4.87. The number of amides is 1. The number of benzene rings is 1. The first-order chi connectivity index (χ1) is 6.54. The van der Waals surface area contributed by atoms with Crippen molar-refractivity contribution in [1.29, 1.82) is 0 Å². The van der Waals surface area contributed by atoms with Crippen molar-refractivity contribution in [3.8, 4) is 0 Å². The van der Waals surface area contributed by atoms with Crippen molar-refractivity contribution < 1.29 is 13.6 Å². The van der Waals surface area contributed by atoms with Gasteiger partial charge in [-0.25, -0.2) is 8.78 Å². The van der Waals surface area contributed by atoms with Gasteiger partial charge in [0.1, 0.15) is 11.6 Å². The van der Waals surface area contributed by atoms with E-state index in [-0.39, 0.29) is 10.4 Å². The average Bonchev–Trinajstić information content (AvgIpc) is 2.10. The number of hydrogen-bond donors (Lipinski definition) is 1. The summed E-state index contributed by atoms with van der Waals surface area (Å²) >= 11 is 8.08. The molecule has 0 aliphatic heterocycles. The van der Waals surface area contributed by atoms with Crippen molar-refractivity contribution in [2.24, 2.45) is 0 Å². The maximum atomic E-state index is 13.1. The van der Waals surface area contributed by atoms with E-state index in [4.69, 9.17) is 11.6 Å². The Labute approximate surface area is 92.4 Å². The molecule has 1 aromatic carbocycles. The highest BCUT2D eigenvalue weighted by Gasteiger charge is 2.12. The molecule has 0 heterocycles. The molecule has 0 radical (unpaired) electrons. The van der Waals surface area contributed by atoms with E-state index >= 15 is 0 Å². The van der Waals surface area contributed by atoms with Crippen LogP contribution < -0.4 is 5.32 Å². The van der Waals surface area contributed by atoms with Crippen LogP contribution in [-0.2, 0) is 4.79 Å². The Kier molecular flexibility index (Phi) is 3.83. The normalized spacial score (nSPS) is 10.0. The summed E-state index contributed by atoms with van der Waals surface area (Å²) in [6.07, 6.45) is 0. The largest absolute Gasteiger partial charge is 0.320 e. The van der Waals surface area contributed by atoms with Gasteiger partial charge < -0.3 is 5.32 Å². The molecular weight excluding hydrogens is 279 g/mol. The quantitative estimate of drug-likeness (QED) is 0.831. The second-order valence-electron chi connectivity index (χ2n) is 2.43. The first kappa shape index (κ1) is 11.4. The van der Waals surface area contributed by atoms with Crippen LogP contribution in [0, 0.1) is 11.6 Å². The molecule has 2 nitrogen and oxygen atoms in total. The minimum atomic E-state index is -0.852. The summed E-state index contributed by atoms with van der Waals surface area (Å²) in [5.41, 5.74) is -0.487. The molecule has 0 saturated heterocycles. The van der Waals surface area contributed by atoms with Crippen LogP contribution in [0.3, 0.4) is 0 Å². The van der Waals surface area contributed by atoms with E-state index in [0.717, 1.165) is 12.1 Å². The number of carbonyl (C=O) groups is 1. The summed E-state index contributed by atoms with van der Waals surface area (Å²) in [5.74, 6) is -2.72. The molecule has 0 unspecified atom stereocenters. The highest BCUT2D eigenvalue weighted by molar-refractivity contribution is 9.10. The third-order valence-electron chi connectivity index (χ3n) is 1.39. The lowest BCUT2D eigenvalue weighted by Crippen LogP contribution is -2.15. The molecule has 1 rings (SSSR count). The lowest BCUT2D eigenvalue weighted by Gasteiger charge is -2.06. The molecule has 0 fully saturated rings.